The molecule has 0 saturated carbocycles. The van der Waals surface area contributed by atoms with Crippen molar-refractivity contribution in [1.82, 2.24) is 9.97 Å². The first-order valence-corrected chi connectivity index (χ1v) is 8.52. The summed E-state index contributed by atoms with van der Waals surface area (Å²) in [7, 11) is 0. The summed E-state index contributed by atoms with van der Waals surface area (Å²) in [4.78, 5) is 21.2. The molecule has 0 radical (unpaired) electrons. The fourth-order valence-corrected chi connectivity index (χ4v) is 3.64. The van der Waals surface area contributed by atoms with Crippen LogP contribution in [0.4, 0.5) is 18.9 Å². The number of amides is 1. The number of anilines is 1. The first kappa shape index (κ1) is 16.7. The number of hydrogen-bond donors (Lipinski definition) is 1. The molecule has 9 heteroatoms. The van der Waals surface area contributed by atoms with E-state index in [0.717, 1.165) is 22.3 Å². The number of aromatic nitrogens is 2. The molecule has 3 rings (SSSR count). The van der Waals surface area contributed by atoms with Crippen molar-refractivity contribution in [3.8, 4) is 0 Å². The fraction of sp³-hybridized carbons (Fsp3) is 0.133. The summed E-state index contributed by atoms with van der Waals surface area (Å²) < 4.78 is 39.7. The standard InChI is InChI=1S/C15H10F3N3OS2/c1-7(24-15-8-4-5-23-14(8)19-6-20-15)13(22)21-10-3-2-9(16)11(17)12(10)18/h2-7H,1H3,(H,21,22)/t7-/m1/s1. The highest BCUT2D eigenvalue weighted by Gasteiger charge is 2.20. The first-order chi connectivity index (χ1) is 11.5. The van der Waals surface area contributed by atoms with Gasteiger partial charge in [-0.1, -0.05) is 11.8 Å². The zero-order chi connectivity index (χ0) is 17.3. The molecule has 1 atom stereocenters. The molecular weight excluding hydrogens is 359 g/mol. The van der Waals surface area contributed by atoms with Gasteiger partial charge in [-0.3, -0.25) is 4.79 Å². The predicted octanol–water partition coefficient (Wildman–Crippen LogP) is 4.23. The van der Waals surface area contributed by atoms with Crippen molar-refractivity contribution in [2.24, 2.45) is 0 Å². The highest BCUT2D eigenvalue weighted by atomic mass is 32.2. The maximum atomic E-state index is 13.6. The first-order valence-electron chi connectivity index (χ1n) is 6.76. The Morgan fingerprint density at radius 1 is 1.21 bits per heavy atom. The Balaban J connectivity index is 1.76. The lowest BCUT2D eigenvalue weighted by Crippen LogP contribution is -2.23. The molecular formula is C15H10F3N3OS2. The summed E-state index contributed by atoms with van der Waals surface area (Å²) in [5.41, 5.74) is -0.408. The van der Waals surface area contributed by atoms with Gasteiger partial charge in [0.2, 0.25) is 5.91 Å². The number of carbonyl (C=O) groups is 1. The Labute approximate surface area is 143 Å². The minimum Gasteiger partial charge on any atom is -0.323 e. The van der Waals surface area contributed by atoms with Crippen LogP contribution in [0.1, 0.15) is 6.92 Å². The Morgan fingerprint density at radius 2 is 2.00 bits per heavy atom. The fourth-order valence-electron chi connectivity index (χ4n) is 1.94. The van der Waals surface area contributed by atoms with Crippen molar-refractivity contribution in [3.05, 3.63) is 47.4 Å². The SMILES string of the molecule is C[C@@H](Sc1ncnc2sccc12)C(=O)Nc1ccc(F)c(F)c1F. The number of benzene rings is 1. The summed E-state index contributed by atoms with van der Waals surface area (Å²) >= 11 is 2.62. The monoisotopic (exact) mass is 369 g/mol. The summed E-state index contributed by atoms with van der Waals surface area (Å²) in [6, 6.07) is 3.58. The topological polar surface area (TPSA) is 54.9 Å². The molecule has 1 amide bonds. The van der Waals surface area contributed by atoms with Crippen LogP contribution in [0.25, 0.3) is 10.2 Å². The number of fused-ring (bicyclic) bond motifs is 1. The van der Waals surface area contributed by atoms with Crippen molar-refractivity contribution >= 4 is 44.9 Å². The number of nitrogens with zero attached hydrogens (tertiary/aromatic N) is 2. The van der Waals surface area contributed by atoms with Gasteiger partial charge in [-0.25, -0.2) is 23.1 Å². The number of hydrogen-bond acceptors (Lipinski definition) is 5. The van der Waals surface area contributed by atoms with Gasteiger partial charge in [0.05, 0.1) is 10.9 Å². The largest absolute Gasteiger partial charge is 0.323 e. The van der Waals surface area contributed by atoms with E-state index in [2.05, 4.69) is 15.3 Å². The van der Waals surface area contributed by atoms with E-state index >= 15 is 0 Å². The van der Waals surface area contributed by atoms with Crippen molar-refractivity contribution in [2.45, 2.75) is 17.2 Å². The smallest absolute Gasteiger partial charge is 0.237 e. The molecule has 2 aromatic heterocycles. The molecule has 24 heavy (non-hydrogen) atoms. The molecule has 0 saturated heterocycles. The van der Waals surface area contributed by atoms with Crippen LogP contribution in [0.2, 0.25) is 0 Å². The number of rotatable bonds is 4. The minimum absolute atomic E-state index is 0.408. The molecule has 2 heterocycles. The molecule has 0 aliphatic carbocycles. The van der Waals surface area contributed by atoms with E-state index in [-0.39, 0.29) is 0 Å². The summed E-state index contributed by atoms with van der Waals surface area (Å²) in [6.45, 7) is 1.61. The molecule has 124 valence electrons. The molecule has 0 bridgehead atoms. The number of carbonyl (C=O) groups excluding carboxylic acids is 1. The highest BCUT2D eigenvalue weighted by Crippen LogP contribution is 2.31. The Bertz CT molecular complexity index is 916. The van der Waals surface area contributed by atoms with Crippen LogP contribution in [0.3, 0.4) is 0 Å². The highest BCUT2D eigenvalue weighted by molar-refractivity contribution is 8.00. The van der Waals surface area contributed by atoms with Crippen molar-refractivity contribution in [1.29, 1.82) is 0 Å². The van der Waals surface area contributed by atoms with Crippen molar-refractivity contribution < 1.29 is 18.0 Å². The van der Waals surface area contributed by atoms with Crippen LogP contribution in [0.15, 0.2) is 34.9 Å². The molecule has 0 aliphatic rings. The normalized spacial score (nSPS) is 12.3. The second kappa shape index (κ2) is 6.78. The van der Waals surface area contributed by atoms with Crippen LogP contribution in [0.5, 0.6) is 0 Å². The Hall–Kier alpha value is -2.13. The van der Waals surface area contributed by atoms with Crippen LogP contribution in [-0.2, 0) is 4.79 Å². The van der Waals surface area contributed by atoms with Gasteiger partial charge in [-0.05, 0) is 30.5 Å². The number of nitrogens with one attached hydrogen (secondary N) is 1. The number of thiophene rings is 1. The van der Waals surface area contributed by atoms with Gasteiger partial charge < -0.3 is 5.32 Å². The van der Waals surface area contributed by atoms with Gasteiger partial charge in [0.15, 0.2) is 17.5 Å². The van der Waals surface area contributed by atoms with Crippen molar-refractivity contribution in [2.75, 3.05) is 5.32 Å². The quantitative estimate of drug-likeness (QED) is 0.425. The molecule has 1 N–H and O–H groups in total. The molecule has 4 nitrogen and oxygen atoms in total. The lowest BCUT2D eigenvalue weighted by atomic mass is 10.2. The van der Waals surface area contributed by atoms with Crippen LogP contribution in [0, 0.1) is 17.5 Å². The third kappa shape index (κ3) is 3.22. The third-order valence-electron chi connectivity index (χ3n) is 3.18. The molecule has 0 spiro atoms. The van der Waals surface area contributed by atoms with E-state index in [1.54, 1.807) is 6.92 Å². The second-order valence-corrected chi connectivity index (χ2v) is 7.01. The van der Waals surface area contributed by atoms with E-state index in [1.165, 1.54) is 29.4 Å². The van der Waals surface area contributed by atoms with Gasteiger partial charge in [-0.2, -0.15) is 0 Å². The van der Waals surface area contributed by atoms with Gasteiger partial charge in [-0.15, -0.1) is 11.3 Å². The third-order valence-corrected chi connectivity index (χ3v) is 5.11. The molecule has 3 aromatic rings. The van der Waals surface area contributed by atoms with Crippen molar-refractivity contribution in [3.63, 3.8) is 0 Å². The maximum absolute atomic E-state index is 13.6. The summed E-state index contributed by atoms with van der Waals surface area (Å²) in [6.07, 6.45) is 1.40. The van der Waals surface area contributed by atoms with E-state index in [4.69, 9.17) is 0 Å². The van der Waals surface area contributed by atoms with E-state index in [0.29, 0.717) is 5.03 Å². The van der Waals surface area contributed by atoms with Gasteiger partial charge in [0.25, 0.3) is 0 Å². The van der Waals surface area contributed by atoms with Gasteiger partial charge in [0.1, 0.15) is 16.2 Å². The summed E-state index contributed by atoms with van der Waals surface area (Å²) in [5.74, 6) is -4.91. The lowest BCUT2D eigenvalue weighted by Gasteiger charge is -2.12. The Kier molecular flexibility index (Phi) is 4.72. The van der Waals surface area contributed by atoms with Crippen LogP contribution < -0.4 is 5.32 Å². The molecule has 0 aliphatic heterocycles. The minimum atomic E-state index is -1.62. The Morgan fingerprint density at radius 3 is 2.79 bits per heavy atom. The van der Waals surface area contributed by atoms with Gasteiger partial charge in [0, 0.05) is 5.39 Å². The van der Waals surface area contributed by atoms with Gasteiger partial charge >= 0.3 is 0 Å². The lowest BCUT2D eigenvalue weighted by molar-refractivity contribution is -0.115. The second-order valence-electron chi connectivity index (χ2n) is 4.79. The number of thioether (sulfide) groups is 1. The average Bonchev–Trinajstić information content (AvgIpc) is 3.05. The van der Waals surface area contributed by atoms with E-state index in [1.807, 2.05) is 11.4 Å². The summed E-state index contributed by atoms with van der Waals surface area (Å²) in [5, 5.41) is 4.94. The zero-order valence-electron chi connectivity index (χ0n) is 12.2. The average molecular weight is 369 g/mol. The van der Waals surface area contributed by atoms with E-state index < -0.39 is 34.3 Å². The van der Waals surface area contributed by atoms with Crippen LogP contribution in [-0.4, -0.2) is 21.1 Å². The maximum Gasteiger partial charge on any atom is 0.237 e. The van der Waals surface area contributed by atoms with Crippen LogP contribution >= 0.6 is 23.1 Å². The predicted molar refractivity (Wildman–Crippen MR) is 87.7 cm³/mol. The molecule has 0 fully saturated rings. The molecule has 1 aromatic carbocycles. The molecule has 0 unspecified atom stereocenters. The number of halogens is 3. The zero-order valence-corrected chi connectivity index (χ0v) is 13.9. The van der Waals surface area contributed by atoms with E-state index in [9.17, 15) is 18.0 Å².